The van der Waals surface area contributed by atoms with Gasteiger partial charge in [0, 0.05) is 17.6 Å². The van der Waals surface area contributed by atoms with Gasteiger partial charge in [-0.1, -0.05) is 42.8 Å². The number of benzene rings is 3. The third-order valence-corrected chi connectivity index (χ3v) is 8.85. The molecule has 2 unspecified atom stereocenters. The molecule has 0 aliphatic carbocycles. The molecule has 2 atom stereocenters. The summed E-state index contributed by atoms with van der Waals surface area (Å²) in [5.41, 5.74) is 2.08. The van der Waals surface area contributed by atoms with Crippen LogP contribution in [-0.2, 0) is 26.2 Å². The number of nitrogens with zero attached hydrogens (tertiary/aromatic N) is 2. The van der Waals surface area contributed by atoms with E-state index >= 15 is 0 Å². The van der Waals surface area contributed by atoms with E-state index in [0.717, 1.165) is 21.9 Å². The Morgan fingerprint density at radius 1 is 0.975 bits per heavy atom. The minimum Gasteiger partial charge on any atom is -0.497 e. The Balaban J connectivity index is 2.03. The number of anilines is 1. The number of carbonyl (C=O) groups excluding carboxylic acids is 2. The number of nitrogens with one attached hydrogen (secondary N) is 1. The molecule has 0 fully saturated rings. The van der Waals surface area contributed by atoms with Gasteiger partial charge in [-0.05, 0) is 86.8 Å². The lowest BCUT2D eigenvalue weighted by Gasteiger charge is -2.32. The molecule has 1 N–H and O–H groups in total. The third-order valence-electron chi connectivity index (χ3n) is 6.81. The van der Waals surface area contributed by atoms with Crippen molar-refractivity contribution in [2.24, 2.45) is 0 Å². The first kappa shape index (κ1) is 31.0. The Morgan fingerprint density at radius 3 is 2.17 bits per heavy atom. The van der Waals surface area contributed by atoms with Crippen molar-refractivity contribution >= 4 is 39.1 Å². The second kappa shape index (κ2) is 13.7. The number of methoxy groups -OCH3 is 1. The molecule has 0 radical (unpaired) electrons. The normalized spacial score (nSPS) is 12.8. The van der Waals surface area contributed by atoms with E-state index in [4.69, 9.17) is 16.3 Å². The summed E-state index contributed by atoms with van der Waals surface area (Å²) in [7, 11) is -2.69. The number of aryl methyl sites for hydroxylation is 1. The first-order valence-corrected chi connectivity index (χ1v) is 14.9. The average Bonchev–Trinajstić information content (AvgIpc) is 2.95. The topological polar surface area (TPSA) is 96.0 Å². The maximum atomic E-state index is 14.0. The van der Waals surface area contributed by atoms with Crippen LogP contribution < -0.4 is 14.4 Å². The van der Waals surface area contributed by atoms with Crippen LogP contribution in [0.3, 0.4) is 0 Å². The van der Waals surface area contributed by atoms with Gasteiger partial charge in [0.25, 0.3) is 10.0 Å². The zero-order chi connectivity index (χ0) is 29.4. The fourth-order valence-corrected chi connectivity index (χ4v) is 5.57. The van der Waals surface area contributed by atoms with E-state index in [0.29, 0.717) is 10.8 Å². The van der Waals surface area contributed by atoms with E-state index in [9.17, 15) is 18.0 Å². The van der Waals surface area contributed by atoms with Gasteiger partial charge in [-0.3, -0.25) is 13.9 Å². The Bertz CT molecular complexity index is 1410. The van der Waals surface area contributed by atoms with Crippen molar-refractivity contribution in [3.63, 3.8) is 0 Å². The summed E-state index contributed by atoms with van der Waals surface area (Å²) in [5.74, 6) is -0.340. The summed E-state index contributed by atoms with van der Waals surface area (Å²) in [5, 5.41) is 3.36. The SMILES string of the molecule is CCC(C)NC(=O)C(C)N(Cc1ccccc1C)C(=O)CN(c1ccc(Cl)cc1)S(=O)(=O)c1ccc(OC)cc1. The first-order valence-electron chi connectivity index (χ1n) is 13.0. The lowest BCUT2D eigenvalue weighted by atomic mass is 10.1. The second-order valence-electron chi connectivity index (χ2n) is 9.61. The van der Waals surface area contributed by atoms with Gasteiger partial charge in [-0.25, -0.2) is 8.42 Å². The highest BCUT2D eigenvalue weighted by atomic mass is 35.5. The van der Waals surface area contributed by atoms with Gasteiger partial charge in [-0.2, -0.15) is 0 Å². The fraction of sp³-hybridized carbons (Fsp3) is 0.333. The van der Waals surface area contributed by atoms with E-state index in [2.05, 4.69) is 5.32 Å². The molecule has 0 saturated heterocycles. The predicted molar refractivity (Wildman–Crippen MR) is 158 cm³/mol. The zero-order valence-corrected chi connectivity index (χ0v) is 25.0. The lowest BCUT2D eigenvalue weighted by molar-refractivity contribution is -0.139. The average molecular weight is 586 g/mol. The van der Waals surface area contributed by atoms with E-state index in [-0.39, 0.29) is 29.1 Å². The molecule has 0 spiro atoms. The van der Waals surface area contributed by atoms with E-state index < -0.39 is 28.5 Å². The number of hydrogen-bond donors (Lipinski definition) is 1. The van der Waals surface area contributed by atoms with Gasteiger partial charge in [-0.15, -0.1) is 0 Å². The molecule has 0 heterocycles. The summed E-state index contributed by atoms with van der Waals surface area (Å²) < 4.78 is 34.0. The Morgan fingerprint density at radius 2 is 1.60 bits per heavy atom. The van der Waals surface area contributed by atoms with Gasteiger partial charge in [0.1, 0.15) is 18.3 Å². The fourth-order valence-electron chi connectivity index (χ4n) is 4.03. The van der Waals surface area contributed by atoms with Crippen LogP contribution in [0, 0.1) is 6.92 Å². The number of sulfonamides is 1. The highest BCUT2D eigenvalue weighted by Gasteiger charge is 2.33. The lowest BCUT2D eigenvalue weighted by Crippen LogP contribution is -2.52. The van der Waals surface area contributed by atoms with Crippen LogP contribution in [-0.4, -0.2) is 50.9 Å². The largest absolute Gasteiger partial charge is 0.497 e. The quantitative estimate of drug-likeness (QED) is 0.316. The van der Waals surface area contributed by atoms with Gasteiger partial charge in [0.15, 0.2) is 0 Å². The van der Waals surface area contributed by atoms with Crippen molar-refractivity contribution in [2.75, 3.05) is 18.0 Å². The Labute approximate surface area is 241 Å². The zero-order valence-electron chi connectivity index (χ0n) is 23.4. The predicted octanol–water partition coefficient (Wildman–Crippen LogP) is 5.18. The number of rotatable bonds is 12. The molecule has 0 aliphatic heterocycles. The highest BCUT2D eigenvalue weighted by Crippen LogP contribution is 2.27. The minimum atomic E-state index is -4.18. The van der Waals surface area contributed by atoms with Crippen molar-refractivity contribution < 1.29 is 22.7 Å². The van der Waals surface area contributed by atoms with Crippen molar-refractivity contribution in [1.82, 2.24) is 10.2 Å². The molecular formula is C30H36ClN3O5S. The minimum absolute atomic E-state index is 0.0101. The Hall–Kier alpha value is -3.56. The summed E-state index contributed by atoms with van der Waals surface area (Å²) in [6.07, 6.45) is 0.731. The maximum absolute atomic E-state index is 14.0. The highest BCUT2D eigenvalue weighted by molar-refractivity contribution is 7.92. The number of carbonyl (C=O) groups is 2. The van der Waals surface area contributed by atoms with Crippen LogP contribution >= 0.6 is 11.6 Å². The smallest absolute Gasteiger partial charge is 0.264 e. The molecule has 10 heteroatoms. The number of ether oxygens (including phenoxy) is 1. The number of halogens is 1. The standard InChI is InChI=1S/C30H36ClN3O5S/c1-6-22(3)32-30(36)23(4)33(19-24-10-8-7-9-21(24)2)29(35)20-34(26-13-11-25(31)12-14-26)40(37,38)28-17-15-27(39-5)16-18-28/h7-18,22-23H,6,19-20H2,1-5H3,(H,32,36). The second-order valence-corrected chi connectivity index (χ2v) is 11.9. The van der Waals surface area contributed by atoms with Gasteiger partial charge < -0.3 is 15.0 Å². The van der Waals surface area contributed by atoms with Crippen molar-refractivity contribution in [2.45, 2.75) is 57.6 Å². The summed E-state index contributed by atoms with van der Waals surface area (Å²) in [6, 6.07) is 18.8. The molecule has 0 aliphatic rings. The molecule has 3 aromatic carbocycles. The van der Waals surface area contributed by atoms with Crippen LogP contribution in [0.1, 0.15) is 38.3 Å². The molecule has 3 rings (SSSR count). The molecule has 214 valence electrons. The number of hydrogen-bond acceptors (Lipinski definition) is 5. The van der Waals surface area contributed by atoms with Crippen molar-refractivity contribution in [3.05, 3.63) is 88.9 Å². The van der Waals surface area contributed by atoms with Crippen LogP contribution in [0.5, 0.6) is 5.75 Å². The van der Waals surface area contributed by atoms with Crippen LogP contribution in [0.15, 0.2) is 77.7 Å². The monoisotopic (exact) mass is 585 g/mol. The molecule has 0 aromatic heterocycles. The molecular weight excluding hydrogens is 550 g/mol. The van der Waals surface area contributed by atoms with Gasteiger partial charge >= 0.3 is 0 Å². The molecule has 2 amide bonds. The first-order chi connectivity index (χ1) is 19.0. The molecule has 3 aromatic rings. The molecule has 40 heavy (non-hydrogen) atoms. The van der Waals surface area contributed by atoms with Gasteiger partial charge in [0.2, 0.25) is 11.8 Å². The van der Waals surface area contributed by atoms with Crippen LogP contribution in [0.25, 0.3) is 0 Å². The van der Waals surface area contributed by atoms with Crippen molar-refractivity contribution in [3.8, 4) is 5.75 Å². The molecule has 0 bridgehead atoms. The van der Waals surface area contributed by atoms with Crippen LogP contribution in [0.4, 0.5) is 5.69 Å². The number of amides is 2. The summed E-state index contributed by atoms with van der Waals surface area (Å²) >= 11 is 6.07. The van der Waals surface area contributed by atoms with Crippen LogP contribution in [0.2, 0.25) is 5.02 Å². The van der Waals surface area contributed by atoms with E-state index in [1.807, 2.05) is 45.0 Å². The van der Waals surface area contributed by atoms with Crippen molar-refractivity contribution in [1.29, 1.82) is 0 Å². The van der Waals surface area contributed by atoms with Gasteiger partial charge in [0.05, 0.1) is 17.7 Å². The van der Waals surface area contributed by atoms with E-state index in [1.54, 1.807) is 43.3 Å². The van der Waals surface area contributed by atoms with E-state index in [1.165, 1.54) is 24.1 Å². The summed E-state index contributed by atoms with van der Waals surface area (Å²) in [4.78, 5) is 28.5. The maximum Gasteiger partial charge on any atom is 0.264 e. The molecule has 0 saturated carbocycles. The third kappa shape index (κ3) is 7.55. The Kier molecular flexibility index (Phi) is 10.6. The summed E-state index contributed by atoms with van der Waals surface area (Å²) in [6.45, 7) is 7.04. The molecule has 8 nitrogen and oxygen atoms in total.